The molecule has 22 heavy (non-hydrogen) atoms. The van der Waals surface area contributed by atoms with Crippen LogP contribution in [0.2, 0.25) is 0 Å². The van der Waals surface area contributed by atoms with Crippen LogP contribution in [0.25, 0.3) is 0 Å². The first kappa shape index (κ1) is 15.6. The molecule has 1 aromatic heterocycles. The second-order valence-electron chi connectivity index (χ2n) is 4.65. The van der Waals surface area contributed by atoms with Gasteiger partial charge in [-0.05, 0) is 36.8 Å². The Labute approximate surface area is 131 Å². The van der Waals surface area contributed by atoms with Crippen molar-refractivity contribution >= 4 is 29.5 Å². The van der Waals surface area contributed by atoms with E-state index in [-0.39, 0.29) is 22.7 Å². The van der Waals surface area contributed by atoms with Gasteiger partial charge in [0.05, 0.1) is 12.1 Å². The molecular formula is C14H15N5O2S. The number of aromatic amines is 2. The van der Waals surface area contributed by atoms with Crippen molar-refractivity contribution in [1.29, 1.82) is 0 Å². The second kappa shape index (κ2) is 6.81. The van der Waals surface area contributed by atoms with E-state index in [1.807, 2.05) is 12.1 Å². The number of nitrogens with one attached hydrogen (secondary N) is 3. The number of H-pyrrole nitrogens is 2. The maximum absolute atomic E-state index is 11.8. The summed E-state index contributed by atoms with van der Waals surface area (Å²) in [7, 11) is 0. The Bertz CT molecular complexity index is 809. The molecule has 0 fully saturated rings. The third kappa shape index (κ3) is 4.38. The lowest BCUT2D eigenvalue weighted by molar-refractivity contribution is -0.120. The van der Waals surface area contributed by atoms with Crippen LogP contribution in [0.3, 0.4) is 0 Å². The lowest BCUT2D eigenvalue weighted by Gasteiger charge is -2.04. The highest BCUT2D eigenvalue weighted by Gasteiger charge is 2.05. The molecule has 1 heterocycles. The standard InChI is InChI=1S/C14H15N5O2S/c1-8(9-3-2-4-10(15)5-9)18-19-13(21)7-11-6-12(20)17-14(22)16-11/h2-6H,7,15H2,1H3,(H,19,21)(H2,16,17,20,22)/b18-8-. The maximum Gasteiger partial charge on any atom is 0.251 e. The second-order valence-corrected chi connectivity index (χ2v) is 5.06. The van der Waals surface area contributed by atoms with E-state index in [9.17, 15) is 9.59 Å². The van der Waals surface area contributed by atoms with Crippen LogP contribution in [0.15, 0.2) is 40.2 Å². The molecule has 0 unspecified atom stereocenters. The molecule has 1 amide bonds. The number of anilines is 1. The summed E-state index contributed by atoms with van der Waals surface area (Å²) in [5.41, 5.74) is 10.2. The summed E-state index contributed by atoms with van der Waals surface area (Å²) in [6.45, 7) is 1.76. The Kier molecular flexibility index (Phi) is 4.84. The van der Waals surface area contributed by atoms with E-state index in [0.717, 1.165) is 5.56 Å². The molecule has 0 aliphatic heterocycles. The van der Waals surface area contributed by atoms with E-state index in [0.29, 0.717) is 17.1 Å². The molecule has 0 aliphatic rings. The van der Waals surface area contributed by atoms with E-state index in [1.165, 1.54) is 6.07 Å². The summed E-state index contributed by atoms with van der Waals surface area (Å²) in [6, 6.07) is 8.46. The first-order valence-corrected chi connectivity index (χ1v) is 6.86. The first-order valence-electron chi connectivity index (χ1n) is 6.45. The quantitative estimate of drug-likeness (QED) is 0.292. The van der Waals surface area contributed by atoms with Gasteiger partial charge in [-0.25, -0.2) is 5.43 Å². The van der Waals surface area contributed by atoms with Gasteiger partial charge in [-0.2, -0.15) is 5.10 Å². The number of amides is 1. The molecule has 0 bridgehead atoms. The number of nitrogens with two attached hydrogens (primary N) is 1. The van der Waals surface area contributed by atoms with Crippen LogP contribution in [-0.4, -0.2) is 21.6 Å². The predicted octanol–water partition coefficient (Wildman–Crippen LogP) is 1.10. The number of carbonyl (C=O) groups is 1. The topological polar surface area (TPSA) is 116 Å². The zero-order valence-electron chi connectivity index (χ0n) is 11.8. The largest absolute Gasteiger partial charge is 0.399 e. The number of aromatic nitrogens is 2. The summed E-state index contributed by atoms with van der Waals surface area (Å²) >= 11 is 4.84. The SMILES string of the molecule is C/C(=N/NC(=O)Cc1cc(=O)[nH]c(=S)[nH]1)c1cccc(N)c1. The Balaban J connectivity index is 2.04. The van der Waals surface area contributed by atoms with Crippen LogP contribution < -0.4 is 16.7 Å². The van der Waals surface area contributed by atoms with Crippen molar-refractivity contribution in [2.45, 2.75) is 13.3 Å². The highest BCUT2D eigenvalue weighted by Crippen LogP contribution is 2.07. The molecule has 2 aromatic rings. The number of hydrogen-bond acceptors (Lipinski definition) is 5. The summed E-state index contributed by atoms with van der Waals surface area (Å²) in [6.07, 6.45) is -0.0265. The fraction of sp³-hybridized carbons (Fsp3) is 0.143. The summed E-state index contributed by atoms with van der Waals surface area (Å²) in [5, 5.41) is 4.01. The molecule has 2 rings (SSSR count). The van der Waals surface area contributed by atoms with Gasteiger partial charge in [0.25, 0.3) is 5.56 Å². The van der Waals surface area contributed by atoms with Crippen LogP contribution in [0.1, 0.15) is 18.2 Å². The molecule has 8 heteroatoms. The average Bonchev–Trinajstić information content (AvgIpc) is 2.43. The molecule has 0 atom stereocenters. The van der Waals surface area contributed by atoms with E-state index in [1.54, 1.807) is 19.1 Å². The van der Waals surface area contributed by atoms with Crippen molar-refractivity contribution in [1.82, 2.24) is 15.4 Å². The Hall–Kier alpha value is -2.74. The van der Waals surface area contributed by atoms with E-state index in [4.69, 9.17) is 18.0 Å². The monoisotopic (exact) mass is 317 g/mol. The Morgan fingerprint density at radius 3 is 2.82 bits per heavy atom. The molecule has 0 saturated heterocycles. The van der Waals surface area contributed by atoms with Gasteiger partial charge in [-0.1, -0.05) is 12.1 Å². The summed E-state index contributed by atoms with van der Waals surface area (Å²) in [4.78, 5) is 28.2. The minimum atomic E-state index is -0.362. The fourth-order valence-electron chi connectivity index (χ4n) is 1.80. The molecule has 0 spiro atoms. The van der Waals surface area contributed by atoms with Crippen LogP contribution in [-0.2, 0) is 11.2 Å². The van der Waals surface area contributed by atoms with Gasteiger partial charge in [0, 0.05) is 17.4 Å². The van der Waals surface area contributed by atoms with Crippen LogP contribution in [0, 0.1) is 4.77 Å². The van der Waals surface area contributed by atoms with Gasteiger partial charge < -0.3 is 10.7 Å². The van der Waals surface area contributed by atoms with Crippen LogP contribution in [0.5, 0.6) is 0 Å². The molecular weight excluding hydrogens is 302 g/mol. The van der Waals surface area contributed by atoms with Crippen molar-refractivity contribution < 1.29 is 4.79 Å². The summed E-state index contributed by atoms with van der Waals surface area (Å²) < 4.78 is 0.176. The Morgan fingerprint density at radius 1 is 1.36 bits per heavy atom. The Morgan fingerprint density at radius 2 is 2.14 bits per heavy atom. The maximum atomic E-state index is 11.8. The molecule has 5 N–H and O–H groups in total. The van der Waals surface area contributed by atoms with Gasteiger partial charge in [-0.15, -0.1) is 0 Å². The zero-order chi connectivity index (χ0) is 16.1. The van der Waals surface area contributed by atoms with E-state index < -0.39 is 0 Å². The number of nitrogens with zero attached hydrogens (tertiary/aromatic N) is 1. The van der Waals surface area contributed by atoms with Gasteiger partial charge in [0.1, 0.15) is 0 Å². The lowest BCUT2D eigenvalue weighted by Crippen LogP contribution is -2.23. The van der Waals surface area contributed by atoms with Gasteiger partial charge in [-0.3, -0.25) is 14.6 Å². The number of hydrogen-bond donors (Lipinski definition) is 4. The van der Waals surface area contributed by atoms with Crippen molar-refractivity contribution in [3.05, 3.63) is 56.7 Å². The molecule has 114 valence electrons. The normalized spacial score (nSPS) is 11.2. The van der Waals surface area contributed by atoms with Crippen molar-refractivity contribution in [3.63, 3.8) is 0 Å². The fourth-order valence-corrected chi connectivity index (χ4v) is 2.03. The van der Waals surface area contributed by atoms with Crippen molar-refractivity contribution in [2.24, 2.45) is 5.10 Å². The number of carbonyl (C=O) groups excluding carboxylic acids is 1. The van der Waals surface area contributed by atoms with Gasteiger partial charge in [0.15, 0.2) is 4.77 Å². The first-order chi connectivity index (χ1) is 10.4. The third-order valence-electron chi connectivity index (χ3n) is 2.82. The third-order valence-corrected chi connectivity index (χ3v) is 3.02. The lowest BCUT2D eigenvalue weighted by atomic mass is 10.1. The van der Waals surface area contributed by atoms with E-state index in [2.05, 4.69) is 20.5 Å². The van der Waals surface area contributed by atoms with Crippen LogP contribution >= 0.6 is 12.2 Å². The smallest absolute Gasteiger partial charge is 0.251 e. The summed E-state index contributed by atoms with van der Waals surface area (Å²) in [5.74, 6) is -0.362. The highest BCUT2D eigenvalue weighted by molar-refractivity contribution is 7.71. The van der Waals surface area contributed by atoms with Gasteiger partial charge >= 0.3 is 0 Å². The molecule has 1 aromatic carbocycles. The zero-order valence-corrected chi connectivity index (χ0v) is 12.7. The number of hydrazone groups is 1. The number of benzene rings is 1. The van der Waals surface area contributed by atoms with Crippen molar-refractivity contribution in [2.75, 3.05) is 5.73 Å². The molecule has 7 nitrogen and oxygen atoms in total. The molecule has 0 saturated carbocycles. The molecule has 0 radical (unpaired) electrons. The van der Waals surface area contributed by atoms with Gasteiger partial charge in [0.2, 0.25) is 5.91 Å². The van der Waals surface area contributed by atoms with Crippen molar-refractivity contribution in [3.8, 4) is 0 Å². The minimum Gasteiger partial charge on any atom is -0.399 e. The van der Waals surface area contributed by atoms with Crippen LogP contribution in [0.4, 0.5) is 5.69 Å². The highest BCUT2D eigenvalue weighted by atomic mass is 32.1. The molecule has 0 aliphatic carbocycles. The van der Waals surface area contributed by atoms with E-state index >= 15 is 0 Å². The minimum absolute atomic E-state index is 0.0265. The average molecular weight is 317 g/mol. The number of nitrogen functional groups attached to an aromatic ring is 1. The predicted molar refractivity (Wildman–Crippen MR) is 87.2 cm³/mol. The number of rotatable bonds is 4.